The molecule has 0 bridgehead atoms. The van der Waals surface area contributed by atoms with E-state index in [1.165, 1.54) is 6.07 Å². The number of aliphatic hydroxyl groups is 1. The summed E-state index contributed by atoms with van der Waals surface area (Å²) in [5.74, 6) is -4.27. The van der Waals surface area contributed by atoms with Gasteiger partial charge in [0.25, 0.3) is 12.3 Å². The highest BCUT2D eigenvalue weighted by Crippen LogP contribution is 2.46. The fraction of sp³-hybridized carbons (Fsp3) is 0.312. The molecular weight excluding hydrogens is 331 g/mol. The Bertz CT molecular complexity index is 838. The summed E-state index contributed by atoms with van der Waals surface area (Å²) >= 11 is 0. The third kappa shape index (κ3) is 2.55. The molecule has 1 aromatic carbocycles. The van der Waals surface area contributed by atoms with Crippen molar-refractivity contribution >= 4 is 0 Å². The molecule has 3 nitrogen and oxygen atoms in total. The Morgan fingerprint density at radius 3 is 2.62 bits per heavy atom. The number of nitrogens with zero attached hydrogens (tertiary/aromatic N) is 2. The number of hydrogen-bond donors (Lipinski definition) is 1. The third-order valence-electron chi connectivity index (χ3n) is 4.07. The second-order valence-electron chi connectivity index (χ2n) is 5.59. The molecule has 8 heteroatoms. The summed E-state index contributed by atoms with van der Waals surface area (Å²) in [6.07, 6.45) is -5.49. The summed E-state index contributed by atoms with van der Waals surface area (Å²) < 4.78 is 68.6. The van der Waals surface area contributed by atoms with Crippen LogP contribution in [0, 0.1) is 17.1 Å². The van der Waals surface area contributed by atoms with Crippen LogP contribution in [-0.4, -0.2) is 15.6 Å². The monoisotopic (exact) mass is 342 g/mol. The van der Waals surface area contributed by atoms with Crippen LogP contribution in [0.2, 0.25) is 0 Å². The van der Waals surface area contributed by atoms with E-state index in [1.807, 2.05) is 0 Å². The Morgan fingerprint density at radius 1 is 1.29 bits per heavy atom. The molecule has 0 fully saturated rings. The summed E-state index contributed by atoms with van der Waals surface area (Å²) in [6, 6.07) is 4.98. The zero-order chi connectivity index (χ0) is 17.6. The first kappa shape index (κ1) is 16.5. The van der Waals surface area contributed by atoms with E-state index in [4.69, 9.17) is 5.26 Å². The molecule has 1 aliphatic carbocycles. The van der Waals surface area contributed by atoms with E-state index in [-0.39, 0.29) is 23.4 Å². The molecule has 1 aromatic heterocycles. The highest BCUT2D eigenvalue weighted by Gasteiger charge is 2.47. The second-order valence-corrected chi connectivity index (χ2v) is 5.59. The van der Waals surface area contributed by atoms with Crippen LogP contribution < -0.4 is 0 Å². The first-order valence-corrected chi connectivity index (χ1v) is 7.03. The van der Waals surface area contributed by atoms with Gasteiger partial charge in [0.1, 0.15) is 11.9 Å². The minimum Gasteiger partial charge on any atom is -0.382 e. The van der Waals surface area contributed by atoms with Crippen LogP contribution in [0.3, 0.4) is 0 Å². The molecule has 0 saturated carbocycles. The Kier molecular flexibility index (Phi) is 3.84. The van der Waals surface area contributed by atoms with Gasteiger partial charge in [-0.05, 0) is 24.6 Å². The van der Waals surface area contributed by atoms with Crippen molar-refractivity contribution in [2.24, 2.45) is 0 Å². The largest absolute Gasteiger partial charge is 0.382 e. The lowest BCUT2D eigenvalue weighted by molar-refractivity contribution is -0.122. The molecule has 0 saturated heterocycles. The lowest BCUT2D eigenvalue weighted by Gasteiger charge is -2.29. The van der Waals surface area contributed by atoms with Crippen LogP contribution in [0.25, 0.3) is 5.69 Å². The Labute approximate surface area is 133 Å². The van der Waals surface area contributed by atoms with Crippen LogP contribution in [0.15, 0.2) is 24.4 Å². The normalized spacial score (nSPS) is 19.2. The molecule has 0 amide bonds. The van der Waals surface area contributed by atoms with E-state index in [2.05, 4.69) is 0 Å². The maximum absolute atomic E-state index is 13.7. The Balaban J connectivity index is 2.24. The van der Waals surface area contributed by atoms with E-state index in [0.717, 1.165) is 22.9 Å². The van der Waals surface area contributed by atoms with Crippen molar-refractivity contribution in [3.05, 3.63) is 52.6 Å². The molecule has 1 unspecified atom stereocenters. The molecule has 0 spiro atoms. The van der Waals surface area contributed by atoms with Gasteiger partial charge in [-0.25, -0.2) is 22.0 Å². The predicted molar refractivity (Wildman–Crippen MR) is 73.6 cm³/mol. The van der Waals surface area contributed by atoms with E-state index >= 15 is 0 Å². The minimum atomic E-state index is -3.51. The van der Waals surface area contributed by atoms with Crippen molar-refractivity contribution in [1.82, 2.24) is 4.57 Å². The van der Waals surface area contributed by atoms with Crippen LogP contribution in [-0.2, 0) is 6.42 Å². The van der Waals surface area contributed by atoms with Crippen molar-refractivity contribution in [1.29, 1.82) is 5.26 Å². The van der Waals surface area contributed by atoms with E-state index < -0.39 is 41.8 Å². The van der Waals surface area contributed by atoms with Gasteiger partial charge in [-0.3, -0.25) is 0 Å². The summed E-state index contributed by atoms with van der Waals surface area (Å²) in [6.45, 7) is 0. The smallest absolute Gasteiger partial charge is 0.278 e. The maximum atomic E-state index is 13.7. The van der Waals surface area contributed by atoms with Crippen LogP contribution in [0.1, 0.15) is 41.3 Å². The number of nitriles is 1. The first-order chi connectivity index (χ1) is 11.2. The van der Waals surface area contributed by atoms with Crippen molar-refractivity contribution in [3.8, 4) is 11.8 Å². The lowest BCUT2D eigenvalue weighted by Crippen LogP contribution is -2.32. The highest BCUT2D eigenvalue weighted by molar-refractivity contribution is 5.49. The predicted octanol–water partition coefficient (Wildman–Crippen LogP) is 4.04. The number of benzene rings is 1. The molecule has 126 valence electrons. The van der Waals surface area contributed by atoms with Crippen LogP contribution in [0.4, 0.5) is 22.0 Å². The molecule has 2 aromatic rings. The van der Waals surface area contributed by atoms with Crippen molar-refractivity contribution in [3.63, 3.8) is 0 Å². The molecular formula is C16H11F5N2O. The quantitative estimate of drug-likeness (QED) is 0.838. The Morgan fingerprint density at radius 2 is 2.00 bits per heavy atom. The van der Waals surface area contributed by atoms with Gasteiger partial charge in [0.15, 0.2) is 0 Å². The van der Waals surface area contributed by atoms with Gasteiger partial charge in [0, 0.05) is 35.1 Å². The number of halogens is 5. The van der Waals surface area contributed by atoms with Gasteiger partial charge >= 0.3 is 0 Å². The number of alkyl halides is 4. The fourth-order valence-corrected chi connectivity index (χ4v) is 2.97. The second kappa shape index (κ2) is 5.60. The fourth-order valence-electron chi connectivity index (χ4n) is 2.97. The average molecular weight is 342 g/mol. The van der Waals surface area contributed by atoms with Gasteiger partial charge in [0.05, 0.1) is 11.6 Å². The zero-order valence-electron chi connectivity index (χ0n) is 12.1. The molecule has 24 heavy (non-hydrogen) atoms. The number of aliphatic hydroxyl groups excluding tert-OH is 1. The van der Waals surface area contributed by atoms with Gasteiger partial charge in [0.2, 0.25) is 0 Å². The third-order valence-corrected chi connectivity index (χ3v) is 4.07. The molecule has 1 heterocycles. The van der Waals surface area contributed by atoms with Crippen LogP contribution in [0.5, 0.6) is 0 Å². The zero-order valence-corrected chi connectivity index (χ0v) is 12.1. The van der Waals surface area contributed by atoms with Gasteiger partial charge < -0.3 is 9.67 Å². The van der Waals surface area contributed by atoms with E-state index in [9.17, 15) is 27.1 Å². The summed E-state index contributed by atoms with van der Waals surface area (Å²) in [7, 11) is 0. The first-order valence-electron chi connectivity index (χ1n) is 7.03. The molecule has 3 rings (SSSR count). The van der Waals surface area contributed by atoms with E-state index in [0.29, 0.717) is 0 Å². The summed E-state index contributed by atoms with van der Waals surface area (Å²) in [4.78, 5) is 0. The molecule has 0 radical (unpaired) electrons. The standard InChI is InChI=1S/C16H11F5N2O/c17-9-3-8(6-22)4-10(5-9)23-7-11(15(18)19)13-12(23)1-2-16(20,21)14(13)24/h3-5,7,14-15,24H,1-2H2. The van der Waals surface area contributed by atoms with Gasteiger partial charge in [-0.15, -0.1) is 0 Å². The Hall–Kier alpha value is -2.40. The number of rotatable bonds is 2. The van der Waals surface area contributed by atoms with Crippen molar-refractivity contribution < 1.29 is 27.1 Å². The summed E-state index contributed by atoms with van der Waals surface area (Å²) in [5, 5.41) is 18.7. The van der Waals surface area contributed by atoms with Crippen molar-refractivity contribution in [2.75, 3.05) is 0 Å². The minimum absolute atomic E-state index is 0.0345. The average Bonchev–Trinajstić information content (AvgIpc) is 2.90. The highest BCUT2D eigenvalue weighted by atomic mass is 19.3. The SMILES string of the molecule is N#Cc1cc(F)cc(-n2cc(C(F)F)c3c2CCC(F)(F)C3O)c1. The van der Waals surface area contributed by atoms with Gasteiger partial charge in [-0.1, -0.05) is 0 Å². The summed E-state index contributed by atoms with van der Waals surface area (Å²) in [5.41, 5.74) is -1.15. The molecule has 1 aliphatic rings. The topological polar surface area (TPSA) is 49.0 Å². The molecule has 1 N–H and O–H groups in total. The number of hydrogen-bond acceptors (Lipinski definition) is 2. The number of aromatic nitrogens is 1. The maximum Gasteiger partial charge on any atom is 0.278 e. The molecule has 0 aliphatic heterocycles. The van der Waals surface area contributed by atoms with Crippen LogP contribution >= 0.6 is 0 Å². The van der Waals surface area contributed by atoms with Gasteiger partial charge in [-0.2, -0.15) is 5.26 Å². The lowest BCUT2D eigenvalue weighted by atomic mass is 9.89. The van der Waals surface area contributed by atoms with E-state index in [1.54, 1.807) is 6.07 Å². The molecule has 1 atom stereocenters. The van der Waals surface area contributed by atoms with Crippen molar-refractivity contribution in [2.45, 2.75) is 31.3 Å². The number of fused-ring (bicyclic) bond motifs is 1.